The number of amides is 1. The van der Waals surface area contributed by atoms with Gasteiger partial charge in [-0.2, -0.15) is 13.2 Å². The van der Waals surface area contributed by atoms with E-state index in [1.54, 1.807) is 29.2 Å². The minimum absolute atomic E-state index is 0.0588. The second-order valence-electron chi connectivity index (χ2n) is 9.40. The Kier molecular flexibility index (Phi) is 8.85. The summed E-state index contributed by atoms with van der Waals surface area (Å²) in [6.07, 6.45) is -3.11. The van der Waals surface area contributed by atoms with E-state index in [-0.39, 0.29) is 11.9 Å². The SMILES string of the molecule is CN(C)CCCN1CCN(C(=O)Oc2ccccc2)C(c2ccc(Oc3ccc(C(F)(F)F)cn3)cc2)C1. The number of aromatic nitrogens is 1. The van der Waals surface area contributed by atoms with Crippen molar-refractivity contribution in [2.75, 3.05) is 46.8 Å². The fourth-order valence-electron chi connectivity index (χ4n) is 4.29. The zero-order valence-corrected chi connectivity index (χ0v) is 21.4. The summed E-state index contributed by atoms with van der Waals surface area (Å²) < 4.78 is 49.6. The van der Waals surface area contributed by atoms with E-state index >= 15 is 0 Å². The number of halogens is 3. The third-order valence-corrected chi connectivity index (χ3v) is 6.28. The topological polar surface area (TPSA) is 58.1 Å². The molecule has 1 saturated heterocycles. The third-order valence-electron chi connectivity index (χ3n) is 6.28. The number of nitrogens with zero attached hydrogens (tertiary/aromatic N) is 4. The van der Waals surface area contributed by atoms with E-state index in [2.05, 4.69) is 14.8 Å². The third kappa shape index (κ3) is 7.45. The molecule has 7 nitrogen and oxygen atoms in total. The van der Waals surface area contributed by atoms with Crippen molar-refractivity contribution in [3.05, 3.63) is 84.1 Å². The molecule has 0 spiro atoms. The molecule has 0 aliphatic carbocycles. The van der Waals surface area contributed by atoms with Crippen LogP contribution in [0.15, 0.2) is 72.9 Å². The largest absolute Gasteiger partial charge is 0.439 e. The second-order valence-corrected chi connectivity index (χ2v) is 9.40. The first-order chi connectivity index (χ1) is 18.2. The number of alkyl halides is 3. The van der Waals surface area contributed by atoms with Crippen molar-refractivity contribution in [2.24, 2.45) is 0 Å². The molecular formula is C28H31F3N4O3. The molecule has 1 amide bonds. The summed E-state index contributed by atoms with van der Waals surface area (Å²) in [6.45, 7) is 3.81. The summed E-state index contributed by atoms with van der Waals surface area (Å²) in [5.74, 6) is 0.971. The van der Waals surface area contributed by atoms with Gasteiger partial charge in [-0.25, -0.2) is 9.78 Å². The van der Waals surface area contributed by atoms with Crippen LogP contribution < -0.4 is 9.47 Å². The molecule has 1 atom stereocenters. The van der Waals surface area contributed by atoms with Gasteiger partial charge >= 0.3 is 12.3 Å². The second kappa shape index (κ2) is 12.3. The Hall–Kier alpha value is -3.63. The first kappa shape index (κ1) is 27.4. The van der Waals surface area contributed by atoms with Crippen molar-refractivity contribution in [3.8, 4) is 17.4 Å². The van der Waals surface area contributed by atoms with Crippen molar-refractivity contribution in [1.82, 2.24) is 19.7 Å². The zero-order valence-electron chi connectivity index (χ0n) is 21.4. The molecule has 1 unspecified atom stereocenters. The predicted molar refractivity (Wildman–Crippen MR) is 137 cm³/mol. The fourth-order valence-corrected chi connectivity index (χ4v) is 4.29. The van der Waals surface area contributed by atoms with Gasteiger partial charge in [-0.1, -0.05) is 30.3 Å². The predicted octanol–water partition coefficient (Wildman–Crippen LogP) is 5.70. The lowest BCUT2D eigenvalue weighted by atomic mass is 10.0. The van der Waals surface area contributed by atoms with Crippen LogP contribution in [0.1, 0.15) is 23.6 Å². The van der Waals surface area contributed by atoms with Gasteiger partial charge in [0.25, 0.3) is 0 Å². The normalized spacial score (nSPS) is 16.5. The average molecular weight is 529 g/mol. The maximum absolute atomic E-state index is 13.1. The number of rotatable bonds is 8. The van der Waals surface area contributed by atoms with Crippen molar-refractivity contribution < 1.29 is 27.4 Å². The van der Waals surface area contributed by atoms with E-state index in [1.165, 1.54) is 6.07 Å². The van der Waals surface area contributed by atoms with Gasteiger partial charge in [-0.05, 0) is 69.5 Å². The number of hydrogen-bond donors (Lipinski definition) is 0. The summed E-state index contributed by atoms with van der Waals surface area (Å²) in [7, 11) is 4.09. The van der Waals surface area contributed by atoms with Crippen LogP contribution in [0.3, 0.4) is 0 Å². The van der Waals surface area contributed by atoms with Gasteiger partial charge in [0.15, 0.2) is 0 Å². The van der Waals surface area contributed by atoms with Gasteiger partial charge in [0.2, 0.25) is 5.88 Å². The van der Waals surface area contributed by atoms with Crippen molar-refractivity contribution in [3.63, 3.8) is 0 Å². The molecular weight excluding hydrogens is 497 g/mol. The Morgan fingerprint density at radius 2 is 1.74 bits per heavy atom. The number of pyridine rings is 1. The minimum atomic E-state index is -4.46. The van der Waals surface area contributed by atoms with Gasteiger partial charge < -0.3 is 14.4 Å². The van der Waals surface area contributed by atoms with Crippen LogP contribution in [0.5, 0.6) is 17.4 Å². The lowest BCUT2D eigenvalue weighted by molar-refractivity contribution is -0.137. The lowest BCUT2D eigenvalue weighted by Gasteiger charge is -2.41. The molecule has 1 fully saturated rings. The van der Waals surface area contributed by atoms with Crippen LogP contribution in [0.2, 0.25) is 0 Å². The smallest absolute Gasteiger partial charge is 0.417 e. The van der Waals surface area contributed by atoms with E-state index < -0.39 is 17.8 Å². The number of carbonyl (C=O) groups excluding carboxylic acids is 1. The van der Waals surface area contributed by atoms with Gasteiger partial charge in [0, 0.05) is 31.9 Å². The standard InChI is InChI=1S/C28H31F3N4O3/c1-33(2)15-6-16-34-17-18-35(27(36)38-23-7-4-3-5-8-23)25(20-34)21-9-12-24(13-10-21)37-26-14-11-22(19-32-26)28(29,30)31/h3-5,7-14,19,25H,6,15-18,20H2,1-2H3. The Bertz CT molecular complexity index is 1170. The van der Waals surface area contributed by atoms with Gasteiger partial charge in [-0.3, -0.25) is 9.80 Å². The molecule has 38 heavy (non-hydrogen) atoms. The van der Waals surface area contributed by atoms with Crippen LogP contribution in [0.25, 0.3) is 0 Å². The van der Waals surface area contributed by atoms with E-state index in [9.17, 15) is 18.0 Å². The highest BCUT2D eigenvalue weighted by atomic mass is 19.4. The number of hydrogen-bond acceptors (Lipinski definition) is 6. The minimum Gasteiger partial charge on any atom is -0.439 e. The summed E-state index contributed by atoms with van der Waals surface area (Å²) >= 11 is 0. The van der Waals surface area contributed by atoms with Gasteiger partial charge in [0.05, 0.1) is 11.6 Å². The van der Waals surface area contributed by atoms with Crippen molar-refractivity contribution >= 4 is 6.09 Å². The highest BCUT2D eigenvalue weighted by molar-refractivity contribution is 5.71. The van der Waals surface area contributed by atoms with Crippen LogP contribution in [-0.2, 0) is 6.18 Å². The lowest BCUT2D eigenvalue weighted by Crippen LogP contribution is -2.51. The molecule has 3 aromatic rings. The molecule has 1 aromatic heterocycles. The number of para-hydroxylation sites is 1. The van der Waals surface area contributed by atoms with E-state index in [0.717, 1.165) is 43.9 Å². The molecule has 0 bridgehead atoms. The zero-order chi connectivity index (χ0) is 27.1. The highest BCUT2D eigenvalue weighted by Crippen LogP contribution is 2.31. The molecule has 2 aromatic carbocycles. The van der Waals surface area contributed by atoms with Gasteiger partial charge in [0.1, 0.15) is 11.5 Å². The van der Waals surface area contributed by atoms with Crippen LogP contribution in [-0.4, -0.2) is 72.6 Å². The maximum atomic E-state index is 13.1. The summed E-state index contributed by atoms with van der Waals surface area (Å²) in [5.41, 5.74) is 0.0650. The molecule has 4 rings (SSSR count). The number of carbonyl (C=O) groups is 1. The van der Waals surface area contributed by atoms with Crippen LogP contribution in [0.4, 0.5) is 18.0 Å². The summed E-state index contributed by atoms with van der Waals surface area (Å²) in [4.78, 5) is 23.1. The molecule has 1 aliphatic heterocycles. The number of ether oxygens (including phenoxy) is 2. The van der Waals surface area contributed by atoms with E-state index in [4.69, 9.17) is 9.47 Å². The Morgan fingerprint density at radius 3 is 2.37 bits per heavy atom. The monoisotopic (exact) mass is 528 g/mol. The molecule has 10 heteroatoms. The number of piperazine rings is 1. The molecule has 0 saturated carbocycles. The van der Waals surface area contributed by atoms with Crippen molar-refractivity contribution in [1.29, 1.82) is 0 Å². The van der Waals surface area contributed by atoms with Crippen LogP contribution in [0, 0.1) is 0 Å². The quantitative estimate of drug-likeness (QED) is 0.374. The van der Waals surface area contributed by atoms with E-state index in [0.29, 0.717) is 24.6 Å². The summed E-state index contributed by atoms with van der Waals surface area (Å²) in [5, 5.41) is 0. The maximum Gasteiger partial charge on any atom is 0.417 e. The number of benzene rings is 2. The van der Waals surface area contributed by atoms with E-state index in [1.807, 2.05) is 44.4 Å². The van der Waals surface area contributed by atoms with Gasteiger partial charge in [-0.15, -0.1) is 0 Å². The Labute approximate surface area is 220 Å². The highest BCUT2D eigenvalue weighted by Gasteiger charge is 2.33. The molecule has 2 heterocycles. The molecule has 1 aliphatic rings. The average Bonchev–Trinajstić information content (AvgIpc) is 2.89. The molecule has 0 radical (unpaired) electrons. The van der Waals surface area contributed by atoms with Crippen LogP contribution >= 0.6 is 0 Å². The first-order valence-corrected chi connectivity index (χ1v) is 12.4. The van der Waals surface area contributed by atoms with Crippen molar-refractivity contribution in [2.45, 2.75) is 18.6 Å². The Balaban J connectivity index is 1.47. The first-order valence-electron chi connectivity index (χ1n) is 12.4. The molecule has 0 N–H and O–H groups in total. The molecule has 202 valence electrons. The fraction of sp³-hybridized carbons (Fsp3) is 0.357. The summed E-state index contributed by atoms with van der Waals surface area (Å²) in [6, 6.07) is 18.0. The Morgan fingerprint density at radius 1 is 1.00 bits per heavy atom.